The molecule has 0 aliphatic heterocycles. The first-order valence-corrected chi connectivity index (χ1v) is 7.16. The zero-order chi connectivity index (χ0) is 13.5. The molecule has 0 saturated heterocycles. The molecule has 2 aromatic rings. The van der Waals surface area contributed by atoms with Gasteiger partial charge in [-0.2, -0.15) is 0 Å². The first-order chi connectivity index (χ1) is 9.33. The van der Waals surface area contributed by atoms with Gasteiger partial charge in [0.15, 0.2) is 0 Å². The maximum absolute atomic E-state index is 3.68. The second-order valence-corrected chi connectivity index (χ2v) is 5.04. The van der Waals surface area contributed by atoms with Gasteiger partial charge in [0.05, 0.1) is 0 Å². The molecule has 1 nitrogen and oxygen atoms in total. The van der Waals surface area contributed by atoms with E-state index in [0.29, 0.717) is 12.0 Å². The minimum atomic E-state index is 0.378. The van der Waals surface area contributed by atoms with Crippen LogP contribution in [-0.4, -0.2) is 6.54 Å². The largest absolute Gasteiger partial charge is 0.309 e. The topological polar surface area (TPSA) is 12.0 Å². The summed E-state index contributed by atoms with van der Waals surface area (Å²) in [6, 6.07) is 21.9. The normalized spacial score (nSPS) is 14.0. The highest BCUT2D eigenvalue weighted by molar-refractivity contribution is 5.27. The molecule has 0 heterocycles. The summed E-state index contributed by atoms with van der Waals surface area (Å²) in [5.74, 6) is 0.468. The van der Waals surface area contributed by atoms with Crippen LogP contribution >= 0.6 is 0 Å². The lowest BCUT2D eigenvalue weighted by Gasteiger charge is -2.26. The van der Waals surface area contributed by atoms with Crippen molar-refractivity contribution < 1.29 is 0 Å². The Hall–Kier alpha value is -1.60. The second-order valence-electron chi connectivity index (χ2n) is 5.04. The molecule has 1 heteroatoms. The third-order valence-electron chi connectivity index (χ3n) is 3.60. The molecule has 0 saturated carbocycles. The maximum Gasteiger partial charge on any atom is 0.0386 e. The summed E-state index contributed by atoms with van der Waals surface area (Å²) < 4.78 is 0. The molecule has 0 aliphatic carbocycles. The van der Waals surface area contributed by atoms with Crippen LogP contribution in [0.5, 0.6) is 0 Å². The Morgan fingerprint density at radius 3 is 1.89 bits per heavy atom. The van der Waals surface area contributed by atoms with Crippen LogP contribution in [0.3, 0.4) is 0 Å². The van der Waals surface area contributed by atoms with Crippen molar-refractivity contribution in [3.05, 3.63) is 71.8 Å². The molecule has 2 aromatic carbocycles. The molecule has 2 atom stereocenters. The first kappa shape index (κ1) is 13.8. The van der Waals surface area contributed by atoms with Crippen molar-refractivity contribution in [3.8, 4) is 0 Å². The Balaban J connectivity index is 2.22. The number of hydrogen-bond acceptors (Lipinski definition) is 1. The van der Waals surface area contributed by atoms with Crippen molar-refractivity contribution in [2.75, 3.05) is 6.54 Å². The minimum absolute atomic E-state index is 0.378. The molecular weight excluding hydrogens is 230 g/mol. The number of benzene rings is 2. The van der Waals surface area contributed by atoms with Crippen LogP contribution in [0.25, 0.3) is 0 Å². The zero-order valence-electron chi connectivity index (χ0n) is 11.8. The molecule has 0 spiro atoms. The van der Waals surface area contributed by atoms with Crippen LogP contribution in [0.4, 0.5) is 0 Å². The van der Waals surface area contributed by atoms with E-state index in [1.165, 1.54) is 11.1 Å². The van der Waals surface area contributed by atoms with Crippen LogP contribution in [0.2, 0.25) is 0 Å². The SMILES string of the molecule is CCCNC(c1ccccc1)C(C)c1ccccc1. The molecule has 0 fully saturated rings. The lowest BCUT2D eigenvalue weighted by atomic mass is 9.88. The fourth-order valence-electron chi connectivity index (χ4n) is 2.49. The Labute approximate surface area is 116 Å². The fraction of sp³-hybridized carbons (Fsp3) is 0.333. The monoisotopic (exact) mass is 253 g/mol. The highest BCUT2D eigenvalue weighted by Gasteiger charge is 2.19. The highest BCUT2D eigenvalue weighted by Crippen LogP contribution is 2.30. The smallest absolute Gasteiger partial charge is 0.0386 e. The van der Waals surface area contributed by atoms with Gasteiger partial charge >= 0.3 is 0 Å². The van der Waals surface area contributed by atoms with E-state index in [1.807, 2.05) is 0 Å². The van der Waals surface area contributed by atoms with E-state index in [2.05, 4.69) is 79.8 Å². The van der Waals surface area contributed by atoms with Crippen molar-refractivity contribution in [1.29, 1.82) is 0 Å². The van der Waals surface area contributed by atoms with Gasteiger partial charge in [-0.05, 0) is 24.1 Å². The van der Waals surface area contributed by atoms with Crippen molar-refractivity contribution >= 4 is 0 Å². The average Bonchev–Trinajstić information content (AvgIpc) is 2.49. The van der Waals surface area contributed by atoms with Gasteiger partial charge in [0.2, 0.25) is 0 Å². The van der Waals surface area contributed by atoms with Crippen molar-refractivity contribution in [3.63, 3.8) is 0 Å². The third-order valence-corrected chi connectivity index (χ3v) is 3.60. The molecule has 19 heavy (non-hydrogen) atoms. The van der Waals surface area contributed by atoms with Gasteiger partial charge in [0.25, 0.3) is 0 Å². The third kappa shape index (κ3) is 3.68. The van der Waals surface area contributed by atoms with E-state index in [9.17, 15) is 0 Å². The van der Waals surface area contributed by atoms with Crippen LogP contribution in [0.15, 0.2) is 60.7 Å². The van der Waals surface area contributed by atoms with Gasteiger partial charge in [0.1, 0.15) is 0 Å². The van der Waals surface area contributed by atoms with Crippen LogP contribution in [0, 0.1) is 0 Å². The average molecular weight is 253 g/mol. The highest BCUT2D eigenvalue weighted by atomic mass is 14.9. The summed E-state index contributed by atoms with van der Waals surface area (Å²) in [4.78, 5) is 0. The Bertz CT molecular complexity index is 464. The van der Waals surface area contributed by atoms with E-state index in [1.54, 1.807) is 0 Å². The molecule has 0 aromatic heterocycles. The van der Waals surface area contributed by atoms with E-state index < -0.39 is 0 Å². The van der Waals surface area contributed by atoms with Gasteiger partial charge < -0.3 is 5.32 Å². The lowest BCUT2D eigenvalue weighted by molar-refractivity contribution is 0.466. The fourth-order valence-corrected chi connectivity index (χ4v) is 2.49. The molecule has 2 unspecified atom stereocenters. The first-order valence-electron chi connectivity index (χ1n) is 7.16. The summed E-state index contributed by atoms with van der Waals surface area (Å²) >= 11 is 0. The van der Waals surface area contributed by atoms with Gasteiger partial charge in [-0.15, -0.1) is 0 Å². The van der Waals surface area contributed by atoms with Crippen LogP contribution in [-0.2, 0) is 0 Å². The van der Waals surface area contributed by atoms with Gasteiger partial charge in [-0.3, -0.25) is 0 Å². The molecule has 1 N–H and O–H groups in total. The quantitative estimate of drug-likeness (QED) is 0.797. The van der Waals surface area contributed by atoms with E-state index in [4.69, 9.17) is 0 Å². The predicted molar refractivity (Wildman–Crippen MR) is 82.3 cm³/mol. The second kappa shape index (κ2) is 7.10. The molecule has 0 radical (unpaired) electrons. The summed E-state index contributed by atoms with van der Waals surface area (Å²) in [6.45, 7) is 5.56. The molecule has 100 valence electrons. The van der Waals surface area contributed by atoms with Gasteiger partial charge in [-0.1, -0.05) is 74.5 Å². The van der Waals surface area contributed by atoms with Crippen molar-refractivity contribution in [2.24, 2.45) is 0 Å². The number of hydrogen-bond donors (Lipinski definition) is 1. The van der Waals surface area contributed by atoms with Gasteiger partial charge in [0, 0.05) is 12.0 Å². The number of nitrogens with one attached hydrogen (secondary N) is 1. The maximum atomic E-state index is 3.68. The van der Waals surface area contributed by atoms with Crippen LogP contribution in [0.1, 0.15) is 43.4 Å². The molecule has 0 bridgehead atoms. The van der Waals surface area contributed by atoms with E-state index in [-0.39, 0.29) is 0 Å². The standard InChI is InChI=1S/C18H23N/c1-3-14-19-18(17-12-8-5-9-13-17)15(2)16-10-6-4-7-11-16/h4-13,15,18-19H,3,14H2,1-2H3. The summed E-state index contributed by atoms with van der Waals surface area (Å²) in [7, 11) is 0. The van der Waals surface area contributed by atoms with Crippen LogP contribution < -0.4 is 5.32 Å². The summed E-state index contributed by atoms with van der Waals surface area (Å²) in [6.07, 6.45) is 1.16. The Morgan fingerprint density at radius 2 is 1.37 bits per heavy atom. The van der Waals surface area contributed by atoms with Crippen molar-refractivity contribution in [1.82, 2.24) is 5.32 Å². The van der Waals surface area contributed by atoms with Gasteiger partial charge in [-0.25, -0.2) is 0 Å². The Kier molecular flexibility index (Phi) is 5.17. The minimum Gasteiger partial charge on any atom is -0.309 e. The Morgan fingerprint density at radius 1 is 0.842 bits per heavy atom. The lowest BCUT2D eigenvalue weighted by Crippen LogP contribution is -2.26. The molecule has 2 rings (SSSR count). The predicted octanol–water partition coefficient (Wildman–Crippen LogP) is 4.53. The molecule has 0 aliphatic rings. The number of rotatable bonds is 6. The van der Waals surface area contributed by atoms with E-state index in [0.717, 1.165) is 13.0 Å². The van der Waals surface area contributed by atoms with E-state index >= 15 is 0 Å². The van der Waals surface area contributed by atoms with Crippen molar-refractivity contribution in [2.45, 2.75) is 32.2 Å². The zero-order valence-corrected chi connectivity index (χ0v) is 11.8. The summed E-state index contributed by atoms with van der Waals surface area (Å²) in [5.41, 5.74) is 2.76. The molecule has 0 amide bonds. The molecular formula is C18H23N. The summed E-state index contributed by atoms with van der Waals surface area (Å²) in [5, 5.41) is 3.68.